The summed E-state index contributed by atoms with van der Waals surface area (Å²) < 4.78 is 17.4. The van der Waals surface area contributed by atoms with Crippen LogP contribution in [0.2, 0.25) is 0 Å². The molecule has 0 N–H and O–H groups in total. The van der Waals surface area contributed by atoms with Gasteiger partial charge in [0.1, 0.15) is 5.75 Å². The molecule has 0 atom stereocenters. The van der Waals surface area contributed by atoms with Gasteiger partial charge in [-0.2, -0.15) is 0 Å². The topological polar surface area (TPSA) is 43.8 Å². The minimum atomic E-state index is 0.552. The van der Waals surface area contributed by atoms with E-state index in [-0.39, 0.29) is 0 Å². The Hall–Kier alpha value is -2.79. The van der Waals surface area contributed by atoms with Gasteiger partial charge in [0.25, 0.3) is 0 Å². The summed E-state index contributed by atoms with van der Waals surface area (Å²) in [5, 5.41) is 0.979. The van der Waals surface area contributed by atoms with Gasteiger partial charge in [0, 0.05) is 24.1 Å². The number of hydrogen-bond acceptors (Lipinski definition) is 5. The fraction of sp³-hybridized carbons (Fsp3) is 0.348. The highest BCUT2D eigenvalue weighted by molar-refractivity contribution is 5.83. The average molecular weight is 380 g/mol. The second kappa shape index (κ2) is 9.95. The number of para-hydroxylation sites is 1. The summed E-state index contributed by atoms with van der Waals surface area (Å²) in [4.78, 5) is 7.01. The lowest BCUT2D eigenvalue weighted by molar-refractivity contribution is 0.243. The van der Waals surface area contributed by atoms with E-state index in [4.69, 9.17) is 14.2 Å². The molecule has 0 aliphatic rings. The molecule has 0 radical (unpaired) electrons. The highest BCUT2D eigenvalue weighted by Gasteiger charge is 2.10. The van der Waals surface area contributed by atoms with Gasteiger partial charge >= 0.3 is 0 Å². The number of ether oxygens (including phenoxy) is 3. The van der Waals surface area contributed by atoms with Crippen molar-refractivity contribution in [1.29, 1.82) is 0 Å². The number of rotatable bonds is 10. The maximum absolute atomic E-state index is 6.00. The Bertz CT molecular complexity index is 880. The zero-order valence-electron chi connectivity index (χ0n) is 16.9. The van der Waals surface area contributed by atoms with Crippen LogP contribution < -0.4 is 14.2 Å². The Morgan fingerprint density at radius 3 is 2.43 bits per heavy atom. The minimum Gasteiger partial charge on any atom is -0.493 e. The van der Waals surface area contributed by atoms with Gasteiger partial charge in [-0.3, -0.25) is 0 Å². The van der Waals surface area contributed by atoms with Crippen LogP contribution >= 0.6 is 0 Å². The molecule has 0 unspecified atom stereocenters. The Morgan fingerprint density at radius 1 is 0.929 bits per heavy atom. The van der Waals surface area contributed by atoms with E-state index < -0.39 is 0 Å². The monoisotopic (exact) mass is 380 g/mol. The molecule has 5 nitrogen and oxygen atoms in total. The molecular weight excluding hydrogens is 352 g/mol. The maximum atomic E-state index is 6.00. The van der Waals surface area contributed by atoms with Gasteiger partial charge in [-0.05, 0) is 43.8 Å². The van der Waals surface area contributed by atoms with Crippen molar-refractivity contribution < 1.29 is 14.2 Å². The van der Waals surface area contributed by atoms with Gasteiger partial charge in [0.05, 0.1) is 19.2 Å². The lowest BCUT2D eigenvalue weighted by atomic mass is 10.2. The third-order valence-corrected chi connectivity index (χ3v) is 4.69. The number of pyridine rings is 1. The van der Waals surface area contributed by atoms with E-state index in [0.717, 1.165) is 42.7 Å². The second-order valence-electron chi connectivity index (χ2n) is 6.49. The molecule has 0 spiro atoms. The van der Waals surface area contributed by atoms with Crippen molar-refractivity contribution in [3.8, 4) is 23.1 Å². The summed E-state index contributed by atoms with van der Waals surface area (Å²) in [5.41, 5.74) is 0.813. The number of aromatic nitrogens is 1. The molecule has 0 bridgehead atoms. The van der Waals surface area contributed by atoms with Gasteiger partial charge in [-0.1, -0.05) is 32.0 Å². The standard InChI is InChI=1S/C23H28N2O3/c1-4-25(5-2)14-9-15-27-22-17-20-18(16-21(22)26-3)12-13-23(24-20)28-19-10-7-6-8-11-19/h6-8,10-13,16-17H,4-5,9,14-15H2,1-3H3. The Kier molecular flexibility index (Phi) is 7.09. The van der Waals surface area contributed by atoms with Gasteiger partial charge in [0.15, 0.2) is 11.5 Å². The van der Waals surface area contributed by atoms with Crippen LogP contribution in [0.5, 0.6) is 23.1 Å². The molecule has 28 heavy (non-hydrogen) atoms. The molecule has 3 aromatic rings. The van der Waals surface area contributed by atoms with E-state index in [0.29, 0.717) is 24.0 Å². The summed E-state index contributed by atoms with van der Waals surface area (Å²) in [6, 6.07) is 17.4. The van der Waals surface area contributed by atoms with Crippen molar-refractivity contribution >= 4 is 10.9 Å². The van der Waals surface area contributed by atoms with Crippen LogP contribution in [0, 0.1) is 0 Å². The molecule has 0 saturated heterocycles. The number of benzene rings is 2. The van der Waals surface area contributed by atoms with Crippen LogP contribution in [0.4, 0.5) is 0 Å². The summed E-state index contributed by atoms with van der Waals surface area (Å²) >= 11 is 0. The number of nitrogens with zero attached hydrogens (tertiary/aromatic N) is 2. The van der Waals surface area contributed by atoms with Crippen molar-refractivity contribution in [3.05, 3.63) is 54.6 Å². The highest BCUT2D eigenvalue weighted by atomic mass is 16.5. The molecule has 2 aromatic carbocycles. The van der Waals surface area contributed by atoms with Crippen molar-refractivity contribution in [2.24, 2.45) is 0 Å². The Labute approximate surface area is 166 Å². The van der Waals surface area contributed by atoms with Gasteiger partial charge in [-0.25, -0.2) is 4.98 Å². The number of hydrogen-bond donors (Lipinski definition) is 0. The zero-order chi connectivity index (χ0) is 19.8. The van der Waals surface area contributed by atoms with E-state index >= 15 is 0 Å². The Morgan fingerprint density at radius 2 is 1.71 bits per heavy atom. The van der Waals surface area contributed by atoms with Crippen molar-refractivity contribution in [1.82, 2.24) is 9.88 Å². The van der Waals surface area contributed by atoms with E-state index in [1.165, 1.54) is 0 Å². The largest absolute Gasteiger partial charge is 0.493 e. The first-order valence-corrected chi connectivity index (χ1v) is 9.80. The third kappa shape index (κ3) is 5.14. The molecule has 3 rings (SSSR count). The molecule has 0 aliphatic heterocycles. The summed E-state index contributed by atoms with van der Waals surface area (Å²) in [6.07, 6.45) is 0.966. The molecule has 1 aromatic heterocycles. The maximum Gasteiger partial charge on any atom is 0.219 e. The fourth-order valence-corrected chi connectivity index (χ4v) is 3.06. The second-order valence-corrected chi connectivity index (χ2v) is 6.49. The smallest absolute Gasteiger partial charge is 0.219 e. The normalized spacial score (nSPS) is 11.0. The van der Waals surface area contributed by atoms with E-state index in [1.807, 2.05) is 54.6 Å². The van der Waals surface area contributed by atoms with Crippen LogP contribution in [0.3, 0.4) is 0 Å². The lowest BCUT2D eigenvalue weighted by Gasteiger charge is -2.18. The average Bonchev–Trinajstić information content (AvgIpc) is 2.74. The van der Waals surface area contributed by atoms with Gasteiger partial charge in [0.2, 0.25) is 5.88 Å². The number of fused-ring (bicyclic) bond motifs is 1. The molecular formula is C23H28N2O3. The summed E-state index contributed by atoms with van der Waals surface area (Å²) in [6.45, 7) is 8.14. The van der Waals surface area contributed by atoms with Crippen molar-refractivity contribution in [2.75, 3.05) is 33.4 Å². The van der Waals surface area contributed by atoms with Crippen LogP contribution in [-0.2, 0) is 0 Å². The zero-order valence-corrected chi connectivity index (χ0v) is 16.9. The molecule has 5 heteroatoms. The number of methoxy groups -OCH3 is 1. The van der Waals surface area contributed by atoms with Gasteiger partial charge < -0.3 is 19.1 Å². The first-order valence-electron chi connectivity index (χ1n) is 9.80. The Balaban J connectivity index is 1.73. The van der Waals surface area contributed by atoms with Gasteiger partial charge in [-0.15, -0.1) is 0 Å². The highest BCUT2D eigenvalue weighted by Crippen LogP contribution is 2.33. The fourth-order valence-electron chi connectivity index (χ4n) is 3.06. The molecule has 148 valence electrons. The predicted molar refractivity (Wildman–Crippen MR) is 113 cm³/mol. The molecule has 1 heterocycles. The summed E-state index contributed by atoms with van der Waals surface area (Å²) in [5.74, 6) is 2.74. The van der Waals surface area contributed by atoms with Crippen LogP contribution in [0.25, 0.3) is 10.9 Å². The molecule has 0 aliphatic carbocycles. The molecule has 0 fully saturated rings. The molecule has 0 saturated carbocycles. The summed E-state index contributed by atoms with van der Waals surface area (Å²) in [7, 11) is 1.66. The van der Waals surface area contributed by atoms with E-state index in [9.17, 15) is 0 Å². The third-order valence-electron chi connectivity index (χ3n) is 4.69. The van der Waals surface area contributed by atoms with E-state index in [1.54, 1.807) is 7.11 Å². The van der Waals surface area contributed by atoms with E-state index in [2.05, 4.69) is 23.7 Å². The first-order chi connectivity index (χ1) is 13.7. The van der Waals surface area contributed by atoms with Crippen LogP contribution in [0.15, 0.2) is 54.6 Å². The first kappa shape index (κ1) is 20.0. The SMILES string of the molecule is CCN(CC)CCCOc1cc2nc(Oc3ccccc3)ccc2cc1OC. The van der Waals surface area contributed by atoms with Crippen LogP contribution in [0.1, 0.15) is 20.3 Å². The minimum absolute atomic E-state index is 0.552. The quantitative estimate of drug-likeness (QED) is 0.455. The lowest BCUT2D eigenvalue weighted by Crippen LogP contribution is -2.25. The van der Waals surface area contributed by atoms with Crippen LogP contribution in [-0.4, -0.2) is 43.2 Å². The van der Waals surface area contributed by atoms with Crippen molar-refractivity contribution in [3.63, 3.8) is 0 Å². The van der Waals surface area contributed by atoms with Crippen molar-refractivity contribution in [2.45, 2.75) is 20.3 Å². The molecule has 0 amide bonds. The predicted octanol–water partition coefficient (Wildman–Crippen LogP) is 5.15.